The van der Waals surface area contributed by atoms with Gasteiger partial charge in [-0.25, -0.2) is 0 Å². The van der Waals surface area contributed by atoms with E-state index in [-0.39, 0.29) is 36.5 Å². The maximum Gasteiger partial charge on any atom is 0.242 e. The van der Waals surface area contributed by atoms with Crippen molar-refractivity contribution in [2.24, 2.45) is 0 Å². The van der Waals surface area contributed by atoms with Gasteiger partial charge in [-0.15, -0.1) is 0 Å². The number of hydrogen-bond donors (Lipinski definition) is 1. The van der Waals surface area contributed by atoms with Crippen LogP contribution >= 0.6 is 0 Å². The average molecular weight is 417 g/mol. The van der Waals surface area contributed by atoms with Crippen LogP contribution in [0, 0.1) is 0 Å². The van der Waals surface area contributed by atoms with Gasteiger partial charge in [0.1, 0.15) is 17.4 Å². The van der Waals surface area contributed by atoms with Crippen LogP contribution in [0.25, 0.3) is 0 Å². The SMILES string of the molecule is CC(C)OCCCNC(=O)C(C)N1CCC2(CCC1=O)CC(=O)c1ccccc1O2. The number of benzene rings is 1. The van der Waals surface area contributed by atoms with Gasteiger partial charge in [-0.3, -0.25) is 14.4 Å². The van der Waals surface area contributed by atoms with Crippen LogP contribution in [0.15, 0.2) is 24.3 Å². The maximum absolute atomic E-state index is 12.7. The molecule has 0 radical (unpaired) electrons. The van der Waals surface area contributed by atoms with Crippen molar-refractivity contribution in [3.8, 4) is 5.75 Å². The smallest absolute Gasteiger partial charge is 0.242 e. The van der Waals surface area contributed by atoms with Crippen LogP contribution in [0.2, 0.25) is 0 Å². The van der Waals surface area contributed by atoms with Crippen LogP contribution in [0.4, 0.5) is 0 Å². The second kappa shape index (κ2) is 9.60. The Morgan fingerprint density at radius 2 is 2.00 bits per heavy atom. The summed E-state index contributed by atoms with van der Waals surface area (Å²) in [6.45, 7) is 7.18. The first-order chi connectivity index (χ1) is 14.3. The monoisotopic (exact) mass is 416 g/mol. The molecule has 2 aliphatic rings. The Bertz CT molecular complexity index is 794. The van der Waals surface area contributed by atoms with Crippen molar-refractivity contribution in [2.75, 3.05) is 19.7 Å². The van der Waals surface area contributed by atoms with Crippen molar-refractivity contribution in [3.05, 3.63) is 29.8 Å². The quantitative estimate of drug-likeness (QED) is 0.691. The molecule has 1 fully saturated rings. The summed E-state index contributed by atoms with van der Waals surface area (Å²) in [5, 5.41) is 2.89. The molecule has 7 nitrogen and oxygen atoms in total. The molecule has 0 aliphatic carbocycles. The van der Waals surface area contributed by atoms with Crippen LogP contribution in [-0.2, 0) is 14.3 Å². The Morgan fingerprint density at radius 3 is 2.77 bits per heavy atom. The average Bonchev–Trinajstić information content (AvgIpc) is 2.86. The minimum Gasteiger partial charge on any atom is -0.486 e. The fraction of sp³-hybridized carbons (Fsp3) is 0.609. The molecule has 1 spiro atoms. The molecule has 2 aliphatic heterocycles. The molecule has 2 unspecified atom stereocenters. The zero-order chi connectivity index (χ0) is 21.7. The second-order valence-electron chi connectivity index (χ2n) is 8.46. The van der Waals surface area contributed by atoms with Gasteiger partial charge in [0, 0.05) is 32.5 Å². The highest BCUT2D eigenvalue weighted by Gasteiger charge is 2.44. The number of Topliss-reactive ketones (excluding diaryl/α,β-unsaturated/α-hetero) is 1. The van der Waals surface area contributed by atoms with Gasteiger partial charge in [0.25, 0.3) is 0 Å². The Kier molecular flexibility index (Phi) is 7.13. The van der Waals surface area contributed by atoms with E-state index >= 15 is 0 Å². The first-order valence-corrected chi connectivity index (χ1v) is 10.8. The number of nitrogens with one attached hydrogen (secondary N) is 1. The topological polar surface area (TPSA) is 84.9 Å². The highest BCUT2D eigenvalue weighted by molar-refractivity contribution is 6.00. The normalized spacial score (nSPS) is 22.5. The fourth-order valence-electron chi connectivity index (χ4n) is 4.08. The lowest BCUT2D eigenvalue weighted by Crippen LogP contribution is -2.49. The summed E-state index contributed by atoms with van der Waals surface area (Å²) >= 11 is 0. The summed E-state index contributed by atoms with van der Waals surface area (Å²) in [7, 11) is 0. The number of nitrogens with zero attached hydrogens (tertiary/aromatic N) is 1. The Balaban J connectivity index is 1.58. The van der Waals surface area contributed by atoms with E-state index in [1.165, 1.54) is 0 Å². The zero-order valence-corrected chi connectivity index (χ0v) is 18.1. The third kappa shape index (κ3) is 5.19. The van der Waals surface area contributed by atoms with Gasteiger partial charge >= 0.3 is 0 Å². The van der Waals surface area contributed by atoms with E-state index in [0.29, 0.717) is 43.9 Å². The minimum absolute atomic E-state index is 0.0483. The number of hydrogen-bond acceptors (Lipinski definition) is 5. The number of para-hydroxylation sites is 1. The Labute approximate surface area is 178 Å². The molecule has 0 bridgehead atoms. The number of rotatable bonds is 7. The third-order valence-corrected chi connectivity index (χ3v) is 5.84. The number of carbonyl (C=O) groups is 3. The largest absolute Gasteiger partial charge is 0.486 e. The van der Waals surface area contributed by atoms with Crippen LogP contribution in [-0.4, -0.2) is 59.9 Å². The molecule has 0 saturated carbocycles. The van der Waals surface area contributed by atoms with Crippen LogP contribution in [0.3, 0.4) is 0 Å². The van der Waals surface area contributed by atoms with Crippen LogP contribution in [0.1, 0.15) is 63.2 Å². The number of likely N-dealkylation sites (tertiary alicyclic amines) is 1. The molecule has 3 rings (SSSR count). The van der Waals surface area contributed by atoms with E-state index in [0.717, 1.165) is 6.42 Å². The molecule has 7 heteroatoms. The summed E-state index contributed by atoms with van der Waals surface area (Å²) in [4.78, 5) is 39.6. The molecule has 30 heavy (non-hydrogen) atoms. The number of ketones is 1. The Morgan fingerprint density at radius 1 is 1.23 bits per heavy atom. The van der Waals surface area contributed by atoms with E-state index in [1.807, 2.05) is 26.0 Å². The van der Waals surface area contributed by atoms with Gasteiger partial charge in [0.05, 0.1) is 18.1 Å². The van der Waals surface area contributed by atoms with Crippen molar-refractivity contribution >= 4 is 17.6 Å². The molecule has 1 aromatic rings. The molecular formula is C23H32N2O5. The lowest BCUT2D eigenvalue weighted by Gasteiger charge is -2.37. The summed E-state index contributed by atoms with van der Waals surface area (Å²) < 4.78 is 11.7. The van der Waals surface area contributed by atoms with Crippen LogP contribution < -0.4 is 10.1 Å². The molecule has 1 aromatic carbocycles. The van der Waals surface area contributed by atoms with Crippen molar-refractivity contribution in [1.29, 1.82) is 0 Å². The molecule has 164 valence electrons. The van der Waals surface area contributed by atoms with Gasteiger partial charge in [-0.2, -0.15) is 0 Å². The van der Waals surface area contributed by atoms with Gasteiger partial charge in [-0.1, -0.05) is 12.1 Å². The first kappa shape index (κ1) is 22.3. The molecule has 2 heterocycles. The predicted molar refractivity (Wildman–Crippen MR) is 112 cm³/mol. The zero-order valence-electron chi connectivity index (χ0n) is 18.1. The number of ether oxygens (including phenoxy) is 2. The Hall–Kier alpha value is -2.41. The van der Waals surface area contributed by atoms with Crippen molar-refractivity contribution in [3.63, 3.8) is 0 Å². The van der Waals surface area contributed by atoms with E-state index in [9.17, 15) is 14.4 Å². The molecule has 1 saturated heterocycles. The molecule has 2 amide bonds. The van der Waals surface area contributed by atoms with Crippen molar-refractivity contribution in [2.45, 2.75) is 70.6 Å². The predicted octanol–water partition coefficient (Wildman–Crippen LogP) is 2.72. The highest BCUT2D eigenvalue weighted by atomic mass is 16.5. The van der Waals surface area contributed by atoms with Gasteiger partial charge in [0.2, 0.25) is 11.8 Å². The van der Waals surface area contributed by atoms with Gasteiger partial charge in [-0.05, 0) is 45.7 Å². The minimum atomic E-state index is -0.680. The molecular weight excluding hydrogens is 384 g/mol. The number of carbonyl (C=O) groups excluding carboxylic acids is 3. The summed E-state index contributed by atoms with van der Waals surface area (Å²) in [6.07, 6.45) is 2.42. The third-order valence-electron chi connectivity index (χ3n) is 5.84. The number of amides is 2. The lowest BCUT2D eigenvalue weighted by molar-refractivity contribution is -0.139. The van der Waals surface area contributed by atoms with Crippen molar-refractivity contribution < 1.29 is 23.9 Å². The summed E-state index contributed by atoms with van der Waals surface area (Å²) in [5.74, 6) is 0.388. The second-order valence-corrected chi connectivity index (χ2v) is 8.46. The summed E-state index contributed by atoms with van der Waals surface area (Å²) in [5.41, 5.74) is -0.0787. The lowest BCUT2D eigenvalue weighted by atomic mass is 9.84. The van der Waals surface area contributed by atoms with E-state index in [2.05, 4.69) is 5.32 Å². The molecule has 1 N–H and O–H groups in total. The first-order valence-electron chi connectivity index (χ1n) is 10.8. The fourth-order valence-corrected chi connectivity index (χ4v) is 4.08. The standard InChI is InChI=1S/C23H32N2O5/c1-16(2)29-14-6-12-24-22(28)17(3)25-13-11-23(10-9-21(25)27)15-19(26)18-7-4-5-8-20(18)30-23/h4-5,7-8,16-17H,6,9-15H2,1-3H3,(H,24,28). The van der Waals surface area contributed by atoms with Crippen molar-refractivity contribution in [1.82, 2.24) is 10.2 Å². The maximum atomic E-state index is 12.7. The van der Waals surface area contributed by atoms with E-state index < -0.39 is 11.6 Å². The van der Waals surface area contributed by atoms with Gasteiger partial charge in [0.15, 0.2) is 5.78 Å². The van der Waals surface area contributed by atoms with E-state index in [1.54, 1.807) is 24.0 Å². The molecule has 2 atom stereocenters. The molecule has 0 aromatic heterocycles. The number of fused-ring (bicyclic) bond motifs is 1. The van der Waals surface area contributed by atoms with Gasteiger partial charge < -0.3 is 19.7 Å². The van der Waals surface area contributed by atoms with Crippen LogP contribution in [0.5, 0.6) is 5.75 Å². The highest BCUT2D eigenvalue weighted by Crippen LogP contribution is 2.39. The van der Waals surface area contributed by atoms with E-state index in [4.69, 9.17) is 9.47 Å². The summed E-state index contributed by atoms with van der Waals surface area (Å²) in [6, 6.07) is 6.68.